The molecular weight excluding hydrogens is 470 g/mol. The Kier molecular flexibility index (Phi) is 9.22. The maximum Gasteiger partial charge on any atom is 0.234 e. The second kappa shape index (κ2) is 12.4. The molecule has 4 rings (SSSR count). The number of rotatable bonds is 10. The van der Waals surface area contributed by atoms with Gasteiger partial charge < -0.3 is 20.4 Å². The van der Waals surface area contributed by atoms with Gasteiger partial charge in [0.2, 0.25) is 11.8 Å². The zero-order valence-electron chi connectivity index (χ0n) is 21.8. The first kappa shape index (κ1) is 27.6. The molecule has 3 aliphatic rings. The summed E-state index contributed by atoms with van der Waals surface area (Å²) in [7, 11) is 0. The molecule has 202 valence electrons. The molecule has 37 heavy (non-hydrogen) atoms. The topological polar surface area (TPSA) is 118 Å². The number of aromatic hydroxyl groups is 1. The molecule has 0 aromatic heterocycles. The molecule has 1 aromatic carbocycles. The number of aliphatic hydroxyl groups excluding tert-OH is 3. The smallest absolute Gasteiger partial charge is 0.234 e. The van der Waals surface area contributed by atoms with Gasteiger partial charge in [-0.25, -0.2) is 0 Å². The lowest BCUT2D eigenvalue weighted by Crippen LogP contribution is -2.42. The summed E-state index contributed by atoms with van der Waals surface area (Å²) in [6, 6.07) is 6.95. The monoisotopic (exact) mass is 511 g/mol. The summed E-state index contributed by atoms with van der Waals surface area (Å²) < 4.78 is 0. The van der Waals surface area contributed by atoms with Crippen LogP contribution in [0.2, 0.25) is 0 Å². The Morgan fingerprint density at radius 3 is 2.51 bits per heavy atom. The molecule has 2 fully saturated rings. The molecule has 1 aliphatic heterocycles. The van der Waals surface area contributed by atoms with Gasteiger partial charge in [0.05, 0.1) is 31.2 Å². The molecule has 0 radical (unpaired) electrons. The molecule has 4 N–H and O–H groups in total. The third kappa shape index (κ3) is 5.84. The first-order valence-corrected chi connectivity index (χ1v) is 13.9. The van der Waals surface area contributed by atoms with Gasteiger partial charge >= 0.3 is 0 Å². The zero-order chi connectivity index (χ0) is 26.5. The van der Waals surface area contributed by atoms with E-state index < -0.39 is 23.9 Å². The van der Waals surface area contributed by atoms with Crippen LogP contribution in [0.4, 0.5) is 0 Å². The molecule has 1 saturated carbocycles. The number of phenols is 1. The van der Waals surface area contributed by atoms with Crippen molar-refractivity contribution in [2.75, 3.05) is 13.2 Å². The summed E-state index contributed by atoms with van der Waals surface area (Å²) in [5, 5.41) is 41.7. The lowest BCUT2D eigenvalue weighted by molar-refractivity contribution is -0.143. The van der Waals surface area contributed by atoms with E-state index in [1.807, 2.05) is 12.1 Å². The van der Waals surface area contributed by atoms with Crippen LogP contribution in [0.25, 0.3) is 6.08 Å². The molecule has 0 unspecified atom stereocenters. The number of nitrogens with zero attached hydrogens (tertiary/aromatic N) is 1. The number of carbonyl (C=O) groups excluding carboxylic acids is 2. The van der Waals surface area contributed by atoms with E-state index in [1.54, 1.807) is 18.2 Å². The highest BCUT2D eigenvalue weighted by molar-refractivity contribution is 6.06. The van der Waals surface area contributed by atoms with Gasteiger partial charge in [0, 0.05) is 12.0 Å². The minimum absolute atomic E-state index is 0.0798. The molecule has 2 aliphatic carbocycles. The maximum absolute atomic E-state index is 13.6. The number of amides is 2. The minimum Gasteiger partial charge on any atom is -0.508 e. The van der Waals surface area contributed by atoms with Crippen molar-refractivity contribution < 1.29 is 30.0 Å². The van der Waals surface area contributed by atoms with Crippen molar-refractivity contribution in [1.82, 2.24) is 4.90 Å². The number of benzene rings is 1. The van der Waals surface area contributed by atoms with Crippen molar-refractivity contribution in [1.29, 1.82) is 0 Å². The summed E-state index contributed by atoms with van der Waals surface area (Å²) in [6.45, 7) is 1.43. The van der Waals surface area contributed by atoms with Gasteiger partial charge in [-0.3, -0.25) is 14.5 Å². The lowest BCUT2D eigenvalue weighted by atomic mass is 9.68. The van der Waals surface area contributed by atoms with E-state index in [2.05, 4.69) is 6.92 Å². The number of fused-ring (bicyclic) bond motifs is 1. The highest BCUT2D eigenvalue weighted by atomic mass is 16.3. The third-order valence-electron chi connectivity index (χ3n) is 8.46. The Morgan fingerprint density at radius 2 is 1.86 bits per heavy atom. The van der Waals surface area contributed by atoms with Crippen LogP contribution in [0.3, 0.4) is 0 Å². The average Bonchev–Trinajstić information content (AvgIpc) is 3.15. The Morgan fingerprint density at radius 1 is 1.11 bits per heavy atom. The third-order valence-corrected chi connectivity index (χ3v) is 8.46. The standard InChI is InChI=1S/C30H41NO6/c1-2-7-19(14-20-8-6-11-23(34)15-20)12-13-26(35)27-21(17-32)16-24-28(25(27)18-33)30(37)31(29(24)36)22-9-4-3-5-10-22/h6,8,11,14-15,22,24-26,28,32-35H,2-5,7,9-10,12-13,16-18H2,1H3/b19-14+/t24-,25+,26-,28-/m1/s1. The van der Waals surface area contributed by atoms with Crippen molar-refractivity contribution in [3.8, 4) is 5.75 Å². The number of allylic oxidation sites excluding steroid dienone is 1. The van der Waals surface area contributed by atoms with E-state index in [4.69, 9.17) is 0 Å². The second-order valence-corrected chi connectivity index (χ2v) is 10.9. The number of likely N-dealkylation sites (tertiary alicyclic amines) is 1. The van der Waals surface area contributed by atoms with Crippen LogP contribution in [-0.4, -0.2) is 62.5 Å². The molecule has 4 atom stereocenters. The number of hydrogen-bond acceptors (Lipinski definition) is 6. The molecule has 1 heterocycles. The van der Waals surface area contributed by atoms with Crippen molar-refractivity contribution in [3.63, 3.8) is 0 Å². The molecular formula is C30H41NO6. The first-order chi connectivity index (χ1) is 17.9. The van der Waals surface area contributed by atoms with E-state index in [9.17, 15) is 30.0 Å². The Hall–Kier alpha value is -2.48. The number of aliphatic hydroxyl groups is 3. The van der Waals surface area contributed by atoms with Crippen molar-refractivity contribution in [2.45, 2.75) is 83.3 Å². The highest BCUT2D eigenvalue weighted by Gasteiger charge is 2.56. The van der Waals surface area contributed by atoms with Crippen LogP contribution in [0.1, 0.15) is 76.7 Å². The summed E-state index contributed by atoms with van der Waals surface area (Å²) >= 11 is 0. The predicted octanol–water partition coefficient (Wildman–Crippen LogP) is 3.95. The van der Waals surface area contributed by atoms with Gasteiger partial charge in [-0.15, -0.1) is 0 Å². The number of phenolic OH excluding ortho intramolecular Hbond substituents is 1. The Bertz CT molecular complexity index is 1040. The van der Waals surface area contributed by atoms with Crippen LogP contribution in [0.15, 0.2) is 41.0 Å². The van der Waals surface area contributed by atoms with Gasteiger partial charge in [0.1, 0.15) is 5.75 Å². The van der Waals surface area contributed by atoms with Gasteiger partial charge in [-0.1, -0.05) is 56.4 Å². The zero-order valence-corrected chi connectivity index (χ0v) is 21.8. The van der Waals surface area contributed by atoms with Gasteiger partial charge in [0.25, 0.3) is 0 Å². The van der Waals surface area contributed by atoms with Crippen LogP contribution >= 0.6 is 0 Å². The van der Waals surface area contributed by atoms with Gasteiger partial charge in [-0.05, 0) is 67.4 Å². The highest BCUT2D eigenvalue weighted by Crippen LogP contribution is 2.47. The molecule has 7 heteroatoms. The van der Waals surface area contributed by atoms with Crippen molar-refractivity contribution in [3.05, 3.63) is 46.5 Å². The molecule has 0 spiro atoms. The SMILES string of the molecule is CCC/C(=C\c1cccc(O)c1)CC[C@@H](O)C1=C(CO)C[C@H]2C(=O)N(C3CCCCC3)C(=O)[C@H]2[C@H]1CO. The largest absolute Gasteiger partial charge is 0.508 e. The molecule has 7 nitrogen and oxygen atoms in total. The second-order valence-electron chi connectivity index (χ2n) is 10.9. The van der Waals surface area contributed by atoms with E-state index in [0.717, 1.165) is 56.1 Å². The summed E-state index contributed by atoms with van der Waals surface area (Å²) in [5.74, 6) is -2.14. The van der Waals surface area contributed by atoms with E-state index in [0.29, 0.717) is 24.0 Å². The lowest BCUT2D eigenvalue weighted by Gasteiger charge is -2.36. The number of imide groups is 1. The van der Waals surface area contributed by atoms with Crippen molar-refractivity contribution >= 4 is 17.9 Å². The number of hydrogen-bond donors (Lipinski definition) is 4. The van der Waals surface area contributed by atoms with Gasteiger partial charge in [0.15, 0.2) is 0 Å². The molecule has 1 aromatic rings. The van der Waals surface area contributed by atoms with Gasteiger partial charge in [-0.2, -0.15) is 0 Å². The molecule has 2 amide bonds. The maximum atomic E-state index is 13.6. The fourth-order valence-electron chi connectivity index (χ4n) is 6.75. The van der Waals surface area contributed by atoms with E-state index in [-0.39, 0.29) is 43.2 Å². The summed E-state index contributed by atoms with van der Waals surface area (Å²) in [4.78, 5) is 28.4. The minimum atomic E-state index is -0.934. The molecule has 0 bridgehead atoms. The van der Waals surface area contributed by atoms with Crippen LogP contribution in [-0.2, 0) is 9.59 Å². The van der Waals surface area contributed by atoms with Crippen molar-refractivity contribution in [2.24, 2.45) is 17.8 Å². The summed E-state index contributed by atoms with van der Waals surface area (Å²) in [6.07, 6.45) is 8.85. The fourth-order valence-corrected chi connectivity index (χ4v) is 6.75. The normalized spacial score (nSPS) is 26.1. The van der Waals surface area contributed by atoms with E-state index >= 15 is 0 Å². The molecule has 1 saturated heterocycles. The Labute approximate surface area is 219 Å². The quantitative estimate of drug-likeness (QED) is 0.279. The van der Waals surface area contributed by atoms with E-state index in [1.165, 1.54) is 4.90 Å². The van der Waals surface area contributed by atoms with Crippen LogP contribution in [0.5, 0.6) is 5.75 Å². The van der Waals surface area contributed by atoms with Crippen LogP contribution in [0, 0.1) is 17.8 Å². The fraction of sp³-hybridized carbons (Fsp3) is 0.600. The Balaban J connectivity index is 1.54. The average molecular weight is 512 g/mol. The summed E-state index contributed by atoms with van der Waals surface area (Å²) in [5.41, 5.74) is 3.13. The van der Waals surface area contributed by atoms with Crippen LogP contribution < -0.4 is 0 Å². The number of carbonyl (C=O) groups is 2. The first-order valence-electron chi connectivity index (χ1n) is 13.9. The predicted molar refractivity (Wildman–Crippen MR) is 141 cm³/mol.